The molecule has 0 aliphatic carbocycles. The van der Waals surface area contributed by atoms with Crippen LogP contribution in [0.15, 0.2) is 48.5 Å². The minimum Gasteiger partial charge on any atom is -0.481 e. The summed E-state index contributed by atoms with van der Waals surface area (Å²) in [6.07, 6.45) is 3.26. The van der Waals surface area contributed by atoms with Crippen LogP contribution in [0.2, 0.25) is 0 Å². The lowest BCUT2D eigenvalue weighted by atomic mass is 9.94. The monoisotopic (exact) mass is 305 g/mol. The van der Waals surface area contributed by atoms with Gasteiger partial charge in [-0.3, -0.25) is 0 Å². The Kier molecular flexibility index (Phi) is 4.61. The molecule has 0 radical (unpaired) electrons. The summed E-state index contributed by atoms with van der Waals surface area (Å²) in [5.74, 6) is 0.725. The van der Waals surface area contributed by atoms with Crippen molar-refractivity contribution in [2.75, 3.05) is 7.11 Å². The number of hydrogen-bond acceptors (Lipinski definition) is 2. The number of aryl methyl sites for hydroxylation is 2. The first kappa shape index (κ1) is 15.5. The molecule has 0 spiro atoms. The Morgan fingerprint density at radius 2 is 1.65 bits per heavy atom. The average molecular weight is 305 g/mol. The molecule has 3 aromatic rings. The third kappa shape index (κ3) is 3.07. The summed E-state index contributed by atoms with van der Waals surface area (Å²) in [6, 6.07) is 17.1. The first-order valence-corrected chi connectivity index (χ1v) is 8.27. The molecular weight excluding hydrogens is 282 g/mol. The number of pyridine rings is 1. The van der Waals surface area contributed by atoms with Crippen LogP contribution in [0, 0.1) is 6.92 Å². The highest BCUT2D eigenvalue weighted by atomic mass is 16.5. The zero-order chi connectivity index (χ0) is 16.2. The van der Waals surface area contributed by atoms with Crippen molar-refractivity contribution in [3.8, 4) is 17.0 Å². The lowest BCUT2D eigenvalue weighted by molar-refractivity contribution is 0.402. The zero-order valence-electron chi connectivity index (χ0n) is 14.1. The summed E-state index contributed by atoms with van der Waals surface area (Å²) in [7, 11) is 1.70. The molecule has 0 fully saturated rings. The fourth-order valence-electron chi connectivity index (χ4n) is 3.00. The van der Waals surface area contributed by atoms with Crippen LogP contribution >= 0.6 is 0 Å². The van der Waals surface area contributed by atoms with Crippen molar-refractivity contribution in [1.29, 1.82) is 0 Å². The summed E-state index contributed by atoms with van der Waals surface area (Å²) in [5, 5.41) is 2.29. The van der Waals surface area contributed by atoms with Gasteiger partial charge in [0.05, 0.1) is 12.8 Å². The van der Waals surface area contributed by atoms with Gasteiger partial charge < -0.3 is 4.74 Å². The van der Waals surface area contributed by atoms with Crippen molar-refractivity contribution >= 4 is 10.8 Å². The number of hydrogen-bond donors (Lipinski definition) is 0. The van der Waals surface area contributed by atoms with Crippen LogP contribution in [-0.2, 0) is 6.42 Å². The van der Waals surface area contributed by atoms with Crippen LogP contribution in [0.4, 0.5) is 0 Å². The molecule has 0 aliphatic rings. The largest absolute Gasteiger partial charge is 0.481 e. The van der Waals surface area contributed by atoms with Gasteiger partial charge in [0.2, 0.25) is 5.88 Å². The molecule has 1 aromatic heterocycles. The fraction of sp³-hybridized carbons (Fsp3) is 0.286. The molecule has 0 bridgehead atoms. The molecule has 118 valence electrons. The number of fused-ring (bicyclic) bond motifs is 1. The minimum atomic E-state index is 0.725. The van der Waals surface area contributed by atoms with E-state index in [0.717, 1.165) is 36.2 Å². The molecule has 3 rings (SSSR count). The van der Waals surface area contributed by atoms with E-state index in [9.17, 15) is 0 Å². The van der Waals surface area contributed by atoms with Gasteiger partial charge in [-0.2, -0.15) is 0 Å². The fourth-order valence-corrected chi connectivity index (χ4v) is 3.00. The molecule has 0 N–H and O–H groups in total. The van der Waals surface area contributed by atoms with Gasteiger partial charge in [0, 0.05) is 10.9 Å². The van der Waals surface area contributed by atoms with Gasteiger partial charge in [0.1, 0.15) is 0 Å². The maximum atomic E-state index is 5.55. The first-order chi connectivity index (χ1) is 11.2. The molecular formula is C21H23NO. The summed E-state index contributed by atoms with van der Waals surface area (Å²) in [5.41, 5.74) is 4.88. The molecule has 2 nitrogen and oxygen atoms in total. The predicted octanol–water partition coefficient (Wildman–Crippen LogP) is 5.56. The van der Waals surface area contributed by atoms with E-state index in [2.05, 4.69) is 56.3 Å². The van der Waals surface area contributed by atoms with Crippen molar-refractivity contribution in [2.24, 2.45) is 0 Å². The average Bonchev–Trinajstić information content (AvgIpc) is 2.60. The van der Waals surface area contributed by atoms with E-state index in [0.29, 0.717) is 0 Å². The van der Waals surface area contributed by atoms with Gasteiger partial charge in [-0.15, -0.1) is 0 Å². The van der Waals surface area contributed by atoms with Crippen LogP contribution < -0.4 is 4.74 Å². The van der Waals surface area contributed by atoms with Gasteiger partial charge >= 0.3 is 0 Å². The molecule has 0 atom stereocenters. The smallest absolute Gasteiger partial charge is 0.221 e. The van der Waals surface area contributed by atoms with E-state index in [4.69, 9.17) is 9.72 Å². The molecule has 0 unspecified atom stereocenters. The third-order valence-electron chi connectivity index (χ3n) is 4.25. The lowest BCUT2D eigenvalue weighted by Crippen LogP contribution is -2.00. The predicted molar refractivity (Wildman–Crippen MR) is 97.1 cm³/mol. The van der Waals surface area contributed by atoms with E-state index in [1.807, 2.05) is 6.07 Å². The number of methoxy groups -OCH3 is 1. The molecule has 23 heavy (non-hydrogen) atoms. The maximum absolute atomic E-state index is 5.55. The molecule has 2 heteroatoms. The van der Waals surface area contributed by atoms with Crippen LogP contribution in [0.5, 0.6) is 5.88 Å². The second-order valence-corrected chi connectivity index (χ2v) is 5.96. The van der Waals surface area contributed by atoms with Gasteiger partial charge in [-0.25, -0.2) is 4.98 Å². The van der Waals surface area contributed by atoms with Gasteiger partial charge in [-0.05, 0) is 36.8 Å². The van der Waals surface area contributed by atoms with Gasteiger partial charge in [0.25, 0.3) is 0 Å². The van der Waals surface area contributed by atoms with Crippen LogP contribution in [-0.4, -0.2) is 12.1 Å². The molecule has 0 aliphatic heterocycles. The number of aromatic nitrogens is 1. The number of benzene rings is 2. The summed E-state index contributed by atoms with van der Waals surface area (Å²) in [4.78, 5) is 4.83. The second-order valence-electron chi connectivity index (χ2n) is 5.96. The minimum absolute atomic E-state index is 0.725. The van der Waals surface area contributed by atoms with E-state index in [1.165, 1.54) is 22.1 Å². The highest BCUT2D eigenvalue weighted by molar-refractivity contribution is 6.00. The Hall–Kier alpha value is -2.35. The number of nitrogens with zero attached hydrogens (tertiary/aromatic N) is 1. The van der Waals surface area contributed by atoms with E-state index in [1.54, 1.807) is 7.11 Å². The summed E-state index contributed by atoms with van der Waals surface area (Å²) < 4.78 is 5.55. The van der Waals surface area contributed by atoms with Gasteiger partial charge in [-0.1, -0.05) is 61.4 Å². The van der Waals surface area contributed by atoms with E-state index >= 15 is 0 Å². The molecule has 2 aromatic carbocycles. The topological polar surface area (TPSA) is 22.1 Å². The van der Waals surface area contributed by atoms with E-state index in [-0.39, 0.29) is 0 Å². The first-order valence-electron chi connectivity index (χ1n) is 8.27. The maximum Gasteiger partial charge on any atom is 0.221 e. The number of ether oxygens (including phenoxy) is 1. The Morgan fingerprint density at radius 1 is 0.957 bits per heavy atom. The number of unbranched alkanes of at least 4 members (excludes halogenated alkanes) is 1. The molecule has 0 saturated carbocycles. The van der Waals surface area contributed by atoms with Crippen LogP contribution in [0.25, 0.3) is 21.9 Å². The van der Waals surface area contributed by atoms with Crippen molar-refractivity contribution < 1.29 is 4.74 Å². The van der Waals surface area contributed by atoms with Crippen molar-refractivity contribution in [3.05, 3.63) is 59.8 Å². The van der Waals surface area contributed by atoms with Crippen molar-refractivity contribution in [3.63, 3.8) is 0 Å². The van der Waals surface area contributed by atoms with E-state index < -0.39 is 0 Å². The summed E-state index contributed by atoms with van der Waals surface area (Å²) in [6.45, 7) is 4.33. The number of rotatable bonds is 5. The normalized spacial score (nSPS) is 10.9. The third-order valence-corrected chi connectivity index (χ3v) is 4.25. The Labute approximate surface area is 138 Å². The van der Waals surface area contributed by atoms with Crippen LogP contribution in [0.3, 0.4) is 0 Å². The zero-order valence-corrected chi connectivity index (χ0v) is 14.1. The molecule has 1 heterocycles. The highest BCUT2D eigenvalue weighted by Crippen LogP contribution is 2.36. The lowest BCUT2D eigenvalue weighted by Gasteiger charge is -2.15. The highest BCUT2D eigenvalue weighted by Gasteiger charge is 2.15. The second kappa shape index (κ2) is 6.82. The van der Waals surface area contributed by atoms with Crippen molar-refractivity contribution in [1.82, 2.24) is 4.98 Å². The summed E-state index contributed by atoms with van der Waals surface area (Å²) >= 11 is 0. The van der Waals surface area contributed by atoms with Crippen LogP contribution in [0.1, 0.15) is 31.0 Å². The molecule has 0 saturated heterocycles. The van der Waals surface area contributed by atoms with Crippen molar-refractivity contribution in [2.45, 2.75) is 33.1 Å². The Bertz CT molecular complexity index is 806. The Balaban J connectivity index is 2.29. The van der Waals surface area contributed by atoms with Gasteiger partial charge in [0.15, 0.2) is 0 Å². The SMILES string of the molecule is CCCCc1nc(OC)c2ccccc2c1-c1ccc(C)cc1. The molecule has 0 amide bonds. The Morgan fingerprint density at radius 3 is 2.30 bits per heavy atom. The standard InChI is InChI=1S/C21H23NO/c1-4-5-10-19-20(16-13-11-15(2)12-14-16)17-8-6-7-9-18(17)21(22-19)23-3/h6-9,11-14H,4-5,10H2,1-3H3. The quantitative estimate of drug-likeness (QED) is 0.615.